The van der Waals surface area contributed by atoms with Crippen molar-refractivity contribution < 1.29 is 22.7 Å². The number of rotatable bonds is 12. The zero-order valence-electron chi connectivity index (χ0n) is 20.6. The minimum atomic E-state index is -3.76. The molecule has 0 bridgehead atoms. The van der Waals surface area contributed by atoms with Crippen molar-refractivity contribution in [2.45, 2.75) is 46.2 Å². The summed E-state index contributed by atoms with van der Waals surface area (Å²) in [6.07, 6.45) is 2.08. The fourth-order valence-electron chi connectivity index (χ4n) is 3.83. The van der Waals surface area contributed by atoms with Crippen LogP contribution in [0.1, 0.15) is 38.3 Å². The number of nitrogens with one attached hydrogen (secondary N) is 1. The van der Waals surface area contributed by atoms with Gasteiger partial charge in [0, 0.05) is 13.1 Å². The molecule has 0 radical (unpaired) electrons. The van der Waals surface area contributed by atoms with Crippen molar-refractivity contribution in [3.05, 3.63) is 59.7 Å². The van der Waals surface area contributed by atoms with Gasteiger partial charge in [-0.05, 0) is 49.1 Å². The van der Waals surface area contributed by atoms with E-state index in [9.17, 15) is 18.0 Å². The third-order valence-electron chi connectivity index (χ3n) is 5.54. The molecule has 2 amide bonds. The van der Waals surface area contributed by atoms with Gasteiger partial charge >= 0.3 is 0 Å². The fraction of sp³-hybridized carbons (Fsp3) is 0.440. The minimum Gasteiger partial charge on any atom is -0.497 e. The van der Waals surface area contributed by atoms with Crippen molar-refractivity contribution in [1.29, 1.82) is 0 Å². The standard InChI is InChI=1S/C25H35N3O5S/c1-6-20-13-9-10-15-23(20)28(34(5,31)32)18-24(29)27(22(7-2)25(30)26-8-3)17-19-12-11-14-21(16-19)33-4/h9-16,22H,6-8,17-18H2,1-5H3,(H,26,30). The first-order chi connectivity index (χ1) is 16.2. The maximum absolute atomic E-state index is 13.6. The number of benzene rings is 2. The predicted octanol–water partition coefficient (Wildman–Crippen LogP) is 2.97. The number of hydrogen-bond acceptors (Lipinski definition) is 5. The fourth-order valence-corrected chi connectivity index (χ4v) is 4.71. The van der Waals surface area contributed by atoms with Crippen LogP contribution in [0.3, 0.4) is 0 Å². The number of methoxy groups -OCH3 is 1. The molecule has 9 heteroatoms. The number of ether oxygens (including phenoxy) is 1. The lowest BCUT2D eigenvalue weighted by Crippen LogP contribution is -2.52. The van der Waals surface area contributed by atoms with E-state index in [-0.39, 0.29) is 12.5 Å². The van der Waals surface area contributed by atoms with Gasteiger partial charge in [-0.3, -0.25) is 13.9 Å². The van der Waals surface area contributed by atoms with Crippen LogP contribution in [0.4, 0.5) is 5.69 Å². The van der Waals surface area contributed by atoms with Gasteiger partial charge in [0.05, 0.1) is 19.1 Å². The predicted molar refractivity (Wildman–Crippen MR) is 134 cm³/mol. The van der Waals surface area contributed by atoms with Crippen LogP contribution in [0.15, 0.2) is 48.5 Å². The maximum atomic E-state index is 13.6. The van der Waals surface area contributed by atoms with Crippen LogP contribution in [0.2, 0.25) is 0 Å². The molecule has 34 heavy (non-hydrogen) atoms. The van der Waals surface area contributed by atoms with Crippen LogP contribution in [0.25, 0.3) is 0 Å². The molecule has 2 rings (SSSR count). The Labute approximate surface area is 202 Å². The normalized spacial score (nSPS) is 12.0. The van der Waals surface area contributed by atoms with Gasteiger partial charge in [0.15, 0.2) is 0 Å². The smallest absolute Gasteiger partial charge is 0.244 e. The molecule has 0 fully saturated rings. The van der Waals surface area contributed by atoms with Crippen LogP contribution in [-0.4, -0.2) is 57.6 Å². The van der Waals surface area contributed by atoms with Gasteiger partial charge in [0.25, 0.3) is 0 Å². The number of carbonyl (C=O) groups is 2. The second-order valence-corrected chi connectivity index (χ2v) is 9.85. The molecule has 1 N–H and O–H groups in total. The Bertz CT molecular complexity index is 1090. The van der Waals surface area contributed by atoms with E-state index in [1.54, 1.807) is 31.4 Å². The van der Waals surface area contributed by atoms with E-state index in [1.165, 1.54) is 4.90 Å². The number of para-hydroxylation sites is 1. The van der Waals surface area contributed by atoms with Crippen LogP contribution in [0.5, 0.6) is 5.75 Å². The van der Waals surface area contributed by atoms with E-state index in [2.05, 4.69) is 5.32 Å². The molecule has 0 saturated heterocycles. The van der Waals surface area contributed by atoms with Gasteiger partial charge in [-0.2, -0.15) is 0 Å². The summed E-state index contributed by atoms with van der Waals surface area (Å²) in [6.45, 7) is 5.72. The van der Waals surface area contributed by atoms with Crippen LogP contribution in [0, 0.1) is 0 Å². The molecule has 186 valence electrons. The lowest BCUT2D eigenvalue weighted by molar-refractivity contribution is -0.140. The highest BCUT2D eigenvalue weighted by Crippen LogP contribution is 2.24. The van der Waals surface area contributed by atoms with Crippen molar-refractivity contribution in [3.63, 3.8) is 0 Å². The number of nitrogens with zero attached hydrogens (tertiary/aromatic N) is 2. The molecule has 1 unspecified atom stereocenters. The lowest BCUT2D eigenvalue weighted by Gasteiger charge is -2.33. The summed E-state index contributed by atoms with van der Waals surface area (Å²) in [5.74, 6) is -0.107. The topological polar surface area (TPSA) is 96.0 Å². The van der Waals surface area contributed by atoms with Crippen molar-refractivity contribution in [2.24, 2.45) is 0 Å². The highest BCUT2D eigenvalue weighted by atomic mass is 32.2. The Morgan fingerprint density at radius 2 is 1.76 bits per heavy atom. The molecule has 2 aromatic rings. The molecular weight excluding hydrogens is 454 g/mol. The van der Waals surface area contributed by atoms with Gasteiger partial charge in [0.2, 0.25) is 21.8 Å². The Morgan fingerprint density at radius 3 is 2.35 bits per heavy atom. The first kappa shape index (κ1) is 27.2. The first-order valence-electron chi connectivity index (χ1n) is 11.4. The van der Waals surface area contributed by atoms with Crippen molar-refractivity contribution in [2.75, 3.05) is 30.8 Å². The van der Waals surface area contributed by atoms with E-state index in [4.69, 9.17) is 4.74 Å². The summed E-state index contributed by atoms with van der Waals surface area (Å²) in [4.78, 5) is 27.9. The first-order valence-corrected chi connectivity index (χ1v) is 13.3. The van der Waals surface area contributed by atoms with Crippen molar-refractivity contribution >= 4 is 27.5 Å². The molecule has 0 aliphatic heterocycles. The number of aryl methyl sites for hydroxylation is 1. The number of sulfonamides is 1. The molecule has 0 spiro atoms. The van der Waals surface area contributed by atoms with Gasteiger partial charge in [-0.1, -0.05) is 44.2 Å². The summed E-state index contributed by atoms with van der Waals surface area (Å²) in [7, 11) is -2.20. The average molecular weight is 490 g/mol. The van der Waals surface area contributed by atoms with Crippen molar-refractivity contribution in [1.82, 2.24) is 10.2 Å². The lowest BCUT2D eigenvalue weighted by atomic mass is 10.1. The molecule has 0 saturated carbocycles. The van der Waals surface area contributed by atoms with E-state index < -0.39 is 28.5 Å². The van der Waals surface area contributed by atoms with E-state index in [1.807, 2.05) is 45.0 Å². The Hall–Kier alpha value is -3.07. The molecule has 0 aliphatic carbocycles. The summed E-state index contributed by atoms with van der Waals surface area (Å²) >= 11 is 0. The molecule has 1 atom stereocenters. The second kappa shape index (κ2) is 12.4. The average Bonchev–Trinajstić information content (AvgIpc) is 2.81. The van der Waals surface area contributed by atoms with Crippen LogP contribution < -0.4 is 14.4 Å². The Balaban J connectivity index is 2.48. The number of hydrogen-bond donors (Lipinski definition) is 1. The summed E-state index contributed by atoms with van der Waals surface area (Å²) < 4.78 is 31.9. The van der Waals surface area contributed by atoms with Gasteiger partial charge in [-0.25, -0.2) is 8.42 Å². The van der Waals surface area contributed by atoms with Gasteiger partial charge < -0.3 is 15.0 Å². The SMILES string of the molecule is CCNC(=O)C(CC)N(Cc1cccc(OC)c1)C(=O)CN(c1ccccc1CC)S(C)(=O)=O. The largest absolute Gasteiger partial charge is 0.497 e. The van der Waals surface area contributed by atoms with E-state index in [0.717, 1.165) is 21.7 Å². The Kier molecular flexibility index (Phi) is 9.92. The summed E-state index contributed by atoms with van der Waals surface area (Å²) in [6, 6.07) is 13.6. The zero-order chi connectivity index (χ0) is 25.3. The quantitative estimate of drug-likeness (QED) is 0.495. The molecule has 0 aliphatic rings. The molecule has 2 aromatic carbocycles. The molecular formula is C25H35N3O5S. The van der Waals surface area contributed by atoms with E-state index >= 15 is 0 Å². The molecule has 0 aromatic heterocycles. The number of amides is 2. The van der Waals surface area contributed by atoms with Crippen molar-refractivity contribution in [3.8, 4) is 5.75 Å². The summed E-state index contributed by atoms with van der Waals surface area (Å²) in [5, 5.41) is 2.78. The van der Waals surface area contributed by atoms with Crippen LogP contribution in [-0.2, 0) is 32.6 Å². The highest BCUT2D eigenvalue weighted by Gasteiger charge is 2.32. The zero-order valence-corrected chi connectivity index (χ0v) is 21.4. The Morgan fingerprint density at radius 1 is 1.06 bits per heavy atom. The maximum Gasteiger partial charge on any atom is 0.244 e. The monoisotopic (exact) mass is 489 g/mol. The van der Waals surface area contributed by atoms with Gasteiger partial charge in [-0.15, -0.1) is 0 Å². The third-order valence-corrected chi connectivity index (χ3v) is 6.67. The number of anilines is 1. The highest BCUT2D eigenvalue weighted by molar-refractivity contribution is 7.92. The summed E-state index contributed by atoms with van der Waals surface area (Å²) in [5.41, 5.74) is 2.05. The van der Waals surface area contributed by atoms with E-state index in [0.29, 0.717) is 30.8 Å². The molecule has 0 heterocycles. The number of likely N-dealkylation sites (N-methyl/N-ethyl adjacent to an activating group) is 1. The molecule has 8 nitrogen and oxygen atoms in total. The number of carbonyl (C=O) groups excluding carboxylic acids is 2. The minimum absolute atomic E-state index is 0.138. The van der Waals surface area contributed by atoms with Crippen LogP contribution >= 0.6 is 0 Å². The second-order valence-electron chi connectivity index (χ2n) is 7.94. The van der Waals surface area contributed by atoms with Gasteiger partial charge in [0.1, 0.15) is 18.3 Å². The third kappa shape index (κ3) is 6.96.